The van der Waals surface area contributed by atoms with Gasteiger partial charge in [0.25, 0.3) is 0 Å². The van der Waals surface area contributed by atoms with E-state index in [4.69, 9.17) is 14.0 Å². The molecule has 1 saturated heterocycles. The van der Waals surface area contributed by atoms with Gasteiger partial charge in [0.2, 0.25) is 0 Å². The standard InChI is InChI=1S/C10H24BN3O3/c1-5-6-7-15-11-16-9(12-2)8-10(13-3,14-4)17-11/h9,12-14H,5-8H2,1-4H3. The molecule has 0 bridgehead atoms. The predicted octanol–water partition coefficient (Wildman–Crippen LogP) is -0.137. The van der Waals surface area contributed by atoms with E-state index in [2.05, 4.69) is 22.9 Å². The fourth-order valence-electron chi connectivity index (χ4n) is 1.70. The lowest BCUT2D eigenvalue weighted by molar-refractivity contribution is -0.126. The molecule has 0 saturated carbocycles. The molecule has 1 unspecified atom stereocenters. The lowest BCUT2D eigenvalue weighted by Crippen LogP contribution is -2.66. The van der Waals surface area contributed by atoms with Crippen LogP contribution in [0.25, 0.3) is 0 Å². The van der Waals surface area contributed by atoms with Crippen LogP contribution < -0.4 is 16.0 Å². The molecule has 0 spiro atoms. The van der Waals surface area contributed by atoms with Crippen LogP contribution in [0.2, 0.25) is 0 Å². The first-order chi connectivity index (χ1) is 8.19. The summed E-state index contributed by atoms with van der Waals surface area (Å²) in [6, 6.07) is 0. The van der Waals surface area contributed by atoms with Crippen LogP contribution in [-0.4, -0.2) is 47.1 Å². The third kappa shape index (κ3) is 4.20. The largest absolute Gasteiger partial charge is 0.642 e. The van der Waals surface area contributed by atoms with E-state index in [1.54, 1.807) is 0 Å². The summed E-state index contributed by atoms with van der Waals surface area (Å²) in [6.45, 7) is 2.76. The SMILES string of the molecule is CCCCOB1OC(NC)CC(NC)(NC)O1. The number of unbranched alkanes of at least 4 members (excludes halogenated alkanes) is 1. The molecule has 6 nitrogen and oxygen atoms in total. The Morgan fingerprint density at radius 3 is 2.59 bits per heavy atom. The van der Waals surface area contributed by atoms with Crippen molar-refractivity contribution in [3.05, 3.63) is 0 Å². The van der Waals surface area contributed by atoms with Gasteiger partial charge in [-0.2, -0.15) is 0 Å². The van der Waals surface area contributed by atoms with Gasteiger partial charge in [-0.15, -0.1) is 0 Å². The second-order valence-corrected chi connectivity index (χ2v) is 4.08. The maximum Gasteiger partial charge on any atom is 0.642 e. The number of rotatable bonds is 7. The summed E-state index contributed by atoms with van der Waals surface area (Å²) in [5.41, 5.74) is 0. The Kier molecular flexibility index (Phi) is 6.39. The van der Waals surface area contributed by atoms with E-state index in [9.17, 15) is 0 Å². The summed E-state index contributed by atoms with van der Waals surface area (Å²) in [5, 5.41) is 9.32. The number of nitrogens with one attached hydrogen (secondary N) is 3. The number of hydrogen-bond donors (Lipinski definition) is 3. The lowest BCUT2D eigenvalue weighted by atomic mass is 10.1. The average Bonchev–Trinajstić information content (AvgIpc) is 2.38. The molecule has 0 aromatic heterocycles. The molecular formula is C10H24BN3O3. The van der Waals surface area contributed by atoms with Gasteiger partial charge in [-0.1, -0.05) is 13.3 Å². The highest BCUT2D eigenvalue weighted by molar-refractivity contribution is 6.36. The van der Waals surface area contributed by atoms with Gasteiger partial charge < -0.3 is 14.0 Å². The van der Waals surface area contributed by atoms with Gasteiger partial charge in [-0.3, -0.25) is 16.0 Å². The minimum Gasteiger partial charge on any atom is -0.386 e. The highest BCUT2D eigenvalue weighted by Gasteiger charge is 2.44. The summed E-state index contributed by atoms with van der Waals surface area (Å²) >= 11 is 0. The molecule has 0 aliphatic carbocycles. The summed E-state index contributed by atoms with van der Waals surface area (Å²) in [6.07, 6.45) is 2.64. The quantitative estimate of drug-likeness (QED) is 0.330. The van der Waals surface area contributed by atoms with Crippen molar-refractivity contribution in [1.82, 2.24) is 16.0 Å². The van der Waals surface area contributed by atoms with Crippen LogP contribution >= 0.6 is 0 Å². The Hall–Kier alpha value is -0.175. The number of hydrogen-bond acceptors (Lipinski definition) is 6. The molecule has 0 amide bonds. The first-order valence-electron chi connectivity index (χ1n) is 6.19. The van der Waals surface area contributed by atoms with Gasteiger partial charge in [-0.25, -0.2) is 0 Å². The average molecular weight is 245 g/mol. The molecule has 1 aliphatic heterocycles. The normalized spacial score (nSPS) is 24.0. The van der Waals surface area contributed by atoms with Crippen LogP contribution in [0.3, 0.4) is 0 Å². The monoisotopic (exact) mass is 245 g/mol. The highest BCUT2D eigenvalue weighted by atomic mass is 16.8. The first kappa shape index (κ1) is 14.9. The van der Waals surface area contributed by atoms with E-state index in [1.807, 2.05) is 21.1 Å². The second-order valence-electron chi connectivity index (χ2n) is 4.08. The third-order valence-electron chi connectivity index (χ3n) is 2.93. The minimum absolute atomic E-state index is 0.102. The van der Waals surface area contributed by atoms with Gasteiger partial charge in [0.05, 0.1) is 0 Å². The van der Waals surface area contributed by atoms with Crippen molar-refractivity contribution in [2.75, 3.05) is 27.7 Å². The Morgan fingerprint density at radius 1 is 1.35 bits per heavy atom. The predicted molar refractivity (Wildman–Crippen MR) is 67.1 cm³/mol. The highest BCUT2D eigenvalue weighted by Crippen LogP contribution is 2.21. The molecule has 17 heavy (non-hydrogen) atoms. The molecule has 3 N–H and O–H groups in total. The maximum atomic E-state index is 5.74. The van der Waals surface area contributed by atoms with Crippen LogP contribution in [0.5, 0.6) is 0 Å². The Morgan fingerprint density at radius 2 is 2.06 bits per heavy atom. The maximum absolute atomic E-state index is 5.74. The fraction of sp³-hybridized carbons (Fsp3) is 1.00. The lowest BCUT2D eigenvalue weighted by Gasteiger charge is -2.42. The van der Waals surface area contributed by atoms with E-state index >= 15 is 0 Å². The summed E-state index contributed by atoms with van der Waals surface area (Å²) in [5.74, 6) is -0.608. The first-order valence-corrected chi connectivity index (χ1v) is 6.19. The molecule has 1 rings (SSSR count). The van der Waals surface area contributed by atoms with Crippen molar-refractivity contribution in [1.29, 1.82) is 0 Å². The van der Waals surface area contributed by atoms with Gasteiger partial charge in [-0.05, 0) is 27.6 Å². The summed E-state index contributed by atoms with van der Waals surface area (Å²) in [7, 11) is 4.90. The molecule has 0 aromatic rings. The van der Waals surface area contributed by atoms with Crippen molar-refractivity contribution in [3.63, 3.8) is 0 Å². The summed E-state index contributed by atoms with van der Waals surface area (Å²) < 4.78 is 16.9. The van der Waals surface area contributed by atoms with Crippen LogP contribution in [0, 0.1) is 0 Å². The molecule has 0 radical (unpaired) electrons. The van der Waals surface area contributed by atoms with Crippen molar-refractivity contribution >= 4 is 7.32 Å². The van der Waals surface area contributed by atoms with Crippen molar-refractivity contribution in [2.45, 2.75) is 38.3 Å². The molecule has 100 valence electrons. The third-order valence-corrected chi connectivity index (χ3v) is 2.93. The van der Waals surface area contributed by atoms with Crippen LogP contribution in [0.1, 0.15) is 26.2 Å². The van der Waals surface area contributed by atoms with Gasteiger partial charge in [0, 0.05) is 13.0 Å². The van der Waals surface area contributed by atoms with E-state index in [-0.39, 0.29) is 6.23 Å². The molecule has 0 aromatic carbocycles. The second kappa shape index (κ2) is 7.30. The molecule has 7 heteroatoms. The van der Waals surface area contributed by atoms with E-state index in [0.29, 0.717) is 13.0 Å². The smallest absolute Gasteiger partial charge is 0.386 e. The Balaban J connectivity index is 2.53. The van der Waals surface area contributed by atoms with Crippen LogP contribution in [0.4, 0.5) is 0 Å². The van der Waals surface area contributed by atoms with Crippen molar-refractivity contribution in [3.8, 4) is 0 Å². The van der Waals surface area contributed by atoms with Gasteiger partial charge in [0.1, 0.15) is 6.23 Å². The van der Waals surface area contributed by atoms with E-state index < -0.39 is 13.2 Å². The zero-order chi connectivity index (χ0) is 12.7. The van der Waals surface area contributed by atoms with E-state index in [1.165, 1.54) is 0 Å². The Bertz CT molecular complexity index is 217. The van der Waals surface area contributed by atoms with Crippen LogP contribution in [0.15, 0.2) is 0 Å². The Labute approximate surface area is 104 Å². The summed E-state index contributed by atoms with van der Waals surface area (Å²) in [4.78, 5) is 0. The topological polar surface area (TPSA) is 63.8 Å². The molecule has 1 atom stereocenters. The molecule has 1 heterocycles. The van der Waals surface area contributed by atoms with Crippen molar-refractivity contribution < 1.29 is 14.0 Å². The molecule has 1 fully saturated rings. The zero-order valence-electron chi connectivity index (χ0n) is 11.2. The van der Waals surface area contributed by atoms with E-state index in [0.717, 1.165) is 12.8 Å². The fourth-order valence-corrected chi connectivity index (χ4v) is 1.70. The minimum atomic E-state index is -0.646. The molecular weight excluding hydrogens is 221 g/mol. The zero-order valence-corrected chi connectivity index (χ0v) is 11.2. The van der Waals surface area contributed by atoms with Crippen LogP contribution in [-0.2, 0) is 14.0 Å². The van der Waals surface area contributed by atoms with Crippen molar-refractivity contribution in [2.24, 2.45) is 0 Å². The van der Waals surface area contributed by atoms with Gasteiger partial charge >= 0.3 is 7.32 Å². The molecule has 1 aliphatic rings. The van der Waals surface area contributed by atoms with Gasteiger partial charge in [0.15, 0.2) is 5.85 Å².